The number of rotatable bonds is 17. The number of nitrogens with two attached hydrogens (primary N) is 2. The molecule has 6 aromatic rings. The van der Waals surface area contributed by atoms with Gasteiger partial charge in [-0.05, 0) is 111 Å². The molecule has 7 rings (SSSR count). The molecule has 2 aromatic heterocycles. The molecule has 0 bridgehead atoms. The number of hydrogen-bond donors (Lipinski definition) is 4. The summed E-state index contributed by atoms with van der Waals surface area (Å²) in [4.78, 5) is 40.7. The summed E-state index contributed by atoms with van der Waals surface area (Å²) in [5.74, 6) is -1.74. The molecule has 2 amide bonds. The van der Waals surface area contributed by atoms with Crippen LogP contribution in [0.4, 0.5) is 20.4 Å². The molecular formula is C45H46F2N8O12S2. The zero-order valence-electron chi connectivity index (χ0n) is 37.3. The van der Waals surface area contributed by atoms with Gasteiger partial charge in [0, 0.05) is 23.3 Å². The number of anilines is 2. The quantitative estimate of drug-likeness (QED) is 0.0986. The average molecular weight is 993 g/mol. The minimum absolute atomic E-state index is 0.00164. The first-order valence-corrected chi connectivity index (χ1v) is 24.2. The topological polar surface area (TPSA) is 290 Å². The minimum Gasteiger partial charge on any atom is -0.457 e. The van der Waals surface area contributed by atoms with Crippen molar-refractivity contribution < 1.29 is 64.4 Å². The molecule has 0 aliphatic carbocycles. The molecule has 1 saturated heterocycles. The van der Waals surface area contributed by atoms with Crippen LogP contribution in [0.1, 0.15) is 34.8 Å². The van der Waals surface area contributed by atoms with E-state index in [2.05, 4.69) is 19.9 Å². The SMILES string of the molecule is CC1(C)OCC(CN(c2cc(C(N)=O)nc(-c3ccc(Oc4ccc(F)cc4)cc3)n2)S(C)(=O)=O)O1.CS(=O)(=O)N(CC(O)CO)c1cc(C(N)=O)nc(-c2ccc(Oc3ccc(F)cc3)cc2)n1. The molecule has 2 unspecified atom stereocenters. The first-order chi connectivity index (χ1) is 32.5. The minimum atomic E-state index is -3.94. The van der Waals surface area contributed by atoms with E-state index in [9.17, 15) is 40.3 Å². The first-order valence-electron chi connectivity index (χ1n) is 20.5. The second-order valence-corrected chi connectivity index (χ2v) is 19.4. The van der Waals surface area contributed by atoms with E-state index in [1.807, 2.05) is 0 Å². The lowest BCUT2D eigenvalue weighted by atomic mass is 10.2. The third-order valence-electron chi connectivity index (χ3n) is 9.59. The van der Waals surface area contributed by atoms with Crippen LogP contribution in [0.2, 0.25) is 0 Å². The molecule has 0 saturated carbocycles. The molecule has 20 nitrogen and oxygen atoms in total. The molecule has 24 heteroatoms. The highest BCUT2D eigenvalue weighted by atomic mass is 32.2. The van der Waals surface area contributed by atoms with E-state index in [-0.39, 0.29) is 53.6 Å². The van der Waals surface area contributed by atoms with Crippen LogP contribution in [-0.4, -0.2) is 116 Å². The molecule has 3 heterocycles. The van der Waals surface area contributed by atoms with Crippen molar-refractivity contribution in [2.45, 2.75) is 31.8 Å². The standard InChI is InChI=1S/C24H25FN4O6S.C21H21FN4O6S/c1-24(2)33-14-19(35-24)13-29(36(3,31)32)21-12-20(22(26)30)27-23(28-21)15-4-8-17(9-5-15)34-18-10-6-16(25)7-11-18;1-33(30,31)26(11-15(28)12-27)19-10-18(20(23)29)24-21(25-19)13-2-6-16(7-3-13)32-17-8-4-14(22)5-9-17/h4-12,19H,13-14H2,1-3H3,(H2,26,30);2-10,15,27-28H,11-12H2,1H3,(H2,23,29). The predicted molar refractivity (Wildman–Crippen MR) is 247 cm³/mol. The Hall–Kier alpha value is -7.22. The van der Waals surface area contributed by atoms with Crippen molar-refractivity contribution in [3.8, 4) is 45.8 Å². The van der Waals surface area contributed by atoms with E-state index in [1.165, 1.54) is 54.6 Å². The Morgan fingerprint density at radius 2 is 1.07 bits per heavy atom. The summed E-state index contributed by atoms with van der Waals surface area (Å²) in [5.41, 5.74) is 11.3. The van der Waals surface area contributed by atoms with Gasteiger partial charge in [0.25, 0.3) is 11.8 Å². The van der Waals surface area contributed by atoms with Gasteiger partial charge in [-0.25, -0.2) is 45.6 Å². The molecule has 6 N–H and O–H groups in total. The Morgan fingerprint density at radius 3 is 1.41 bits per heavy atom. The fourth-order valence-corrected chi connectivity index (χ4v) is 8.09. The summed E-state index contributed by atoms with van der Waals surface area (Å²) in [5, 5.41) is 18.9. The number of primary amides is 2. The Morgan fingerprint density at radius 1 is 0.696 bits per heavy atom. The van der Waals surface area contributed by atoms with Gasteiger partial charge in [-0.3, -0.25) is 18.2 Å². The summed E-state index contributed by atoms with van der Waals surface area (Å²) >= 11 is 0. The van der Waals surface area contributed by atoms with Crippen LogP contribution in [-0.2, 0) is 29.5 Å². The molecule has 1 aliphatic rings. The van der Waals surface area contributed by atoms with Crippen LogP contribution in [0, 0.1) is 11.6 Å². The van der Waals surface area contributed by atoms with E-state index < -0.39 is 68.8 Å². The highest BCUT2D eigenvalue weighted by Gasteiger charge is 2.36. The van der Waals surface area contributed by atoms with Gasteiger partial charge in [0.1, 0.15) is 63.8 Å². The van der Waals surface area contributed by atoms with Gasteiger partial charge in [0.05, 0.1) is 44.9 Å². The van der Waals surface area contributed by atoms with Crippen molar-refractivity contribution in [2.75, 3.05) is 47.4 Å². The lowest BCUT2D eigenvalue weighted by Gasteiger charge is -2.25. The number of aliphatic hydroxyl groups excluding tert-OH is 2. The molecule has 1 fully saturated rings. The fraction of sp³-hybridized carbons (Fsp3) is 0.244. The van der Waals surface area contributed by atoms with E-state index in [0.29, 0.717) is 34.1 Å². The fourth-order valence-electron chi connectivity index (χ4n) is 6.34. The van der Waals surface area contributed by atoms with Crippen LogP contribution >= 0.6 is 0 Å². The number of aliphatic hydroxyl groups is 2. The zero-order valence-corrected chi connectivity index (χ0v) is 38.9. The Labute approximate surface area is 395 Å². The Bertz CT molecular complexity index is 3010. The molecule has 1 aliphatic heterocycles. The molecule has 0 radical (unpaired) electrons. The normalized spacial score (nSPS) is 14.8. The number of carbonyl (C=O) groups excluding carboxylic acids is 2. The maximum Gasteiger partial charge on any atom is 0.267 e. The lowest BCUT2D eigenvalue weighted by molar-refractivity contribution is -0.136. The van der Waals surface area contributed by atoms with Crippen LogP contribution in [0.25, 0.3) is 22.8 Å². The van der Waals surface area contributed by atoms with Gasteiger partial charge in [-0.15, -0.1) is 0 Å². The second kappa shape index (κ2) is 21.4. The highest BCUT2D eigenvalue weighted by molar-refractivity contribution is 7.92. The maximum atomic E-state index is 13.1. The van der Waals surface area contributed by atoms with Crippen molar-refractivity contribution in [1.82, 2.24) is 19.9 Å². The molecular weight excluding hydrogens is 947 g/mol. The summed E-state index contributed by atoms with van der Waals surface area (Å²) < 4.78 is 100. The van der Waals surface area contributed by atoms with Gasteiger partial charge in [-0.1, -0.05) is 0 Å². The van der Waals surface area contributed by atoms with E-state index in [0.717, 1.165) is 27.2 Å². The monoisotopic (exact) mass is 992 g/mol. The van der Waals surface area contributed by atoms with E-state index in [4.69, 9.17) is 35.5 Å². The molecule has 0 spiro atoms. The van der Waals surface area contributed by atoms with Crippen LogP contribution in [0.3, 0.4) is 0 Å². The molecule has 364 valence electrons. The smallest absolute Gasteiger partial charge is 0.267 e. The second-order valence-electron chi connectivity index (χ2n) is 15.6. The average Bonchev–Trinajstić information content (AvgIpc) is 3.66. The number of hydrogen-bond acceptors (Lipinski definition) is 16. The Balaban J connectivity index is 0.000000228. The third-order valence-corrected chi connectivity index (χ3v) is 11.9. The van der Waals surface area contributed by atoms with Crippen molar-refractivity contribution in [1.29, 1.82) is 0 Å². The van der Waals surface area contributed by atoms with E-state index in [1.54, 1.807) is 62.4 Å². The highest BCUT2D eigenvalue weighted by Crippen LogP contribution is 2.30. The van der Waals surface area contributed by atoms with Gasteiger partial charge in [0.15, 0.2) is 17.4 Å². The maximum absolute atomic E-state index is 13.1. The Kier molecular flexibility index (Phi) is 15.9. The summed E-state index contributed by atoms with van der Waals surface area (Å²) in [6.45, 7) is 2.40. The number of benzene rings is 4. The number of carbonyl (C=O) groups is 2. The largest absolute Gasteiger partial charge is 0.457 e. The van der Waals surface area contributed by atoms with Crippen LogP contribution in [0.5, 0.6) is 23.0 Å². The molecule has 4 aromatic carbocycles. The van der Waals surface area contributed by atoms with E-state index >= 15 is 0 Å². The zero-order chi connectivity index (χ0) is 50.3. The molecule has 69 heavy (non-hydrogen) atoms. The predicted octanol–water partition coefficient (Wildman–Crippen LogP) is 4.38. The van der Waals surface area contributed by atoms with Crippen LogP contribution in [0.15, 0.2) is 109 Å². The van der Waals surface area contributed by atoms with Crippen molar-refractivity contribution in [3.05, 3.63) is 132 Å². The first kappa shape index (κ1) is 51.2. The summed E-state index contributed by atoms with van der Waals surface area (Å²) in [6.07, 6.45) is -0.00261. The van der Waals surface area contributed by atoms with Gasteiger partial charge in [0.2, 0.25) is 20.0 Å². The van der Waals surface area contributed by atoms with Crippen molar-refractivity contribution in [2.24, 2.45) is 11.5 Å². The van der Waals surface area contributed by atoms with Gasteiger partial charge in [-0.2, -0.15) is 0 Å². The number of aromatic nitrogens is 4. The number of amides is 2. The summed E-state index contributed by atoms with van der Waals surface area (Å²) in [7, 11) is -7.76. The lowest BCUT2D eigenvalue weighted by Crippen LogP contribution is -2.39. The van der Waals surface area contributed by atoms with Gasteiger partial charge < -0.3 is 40.6 Å². The number of ether oxygens (including phenoxy) is 4. The van der Waals surface area contributed by atoms with Gasteiger partial charge >= 0.3 is 0 Å². The number of nitrogens with zero attached hydrogens (tertiary/aromatic N) is 6. The molecule has 2 atom stereocenters. The van der Waals surface area contributed by atoms with Crippen molar-refractivity contribution in [3.63, 3.8) is 0 Å². The third kappa shape index (κ3) is 14.2. The van der Waals surface area contributed by atoms with Crippen molar-refractivity contribution >= 4 is 43.5 Å². The van der Waals surface area contributed by atoms with Crippen LogP contribution < -0.4 is 29.6 Å². The number of sulfonamides is 2. The number of halogens is 2. The summed E-state index contributed by atoms with van der Waals surface area (Å²) in [6, 6.07) is 26.2.